The summed E-state index contributed by atoms with van der Waals surface area (Å²) in [7, 11) is -2.61. The van der Waals surface area contributed by atoms with Crippen LogP contribution in [0.15, 0.2) is 53.4 Å². The molecule has 2 aromatic rings. The summed E-state index contributed by atoms with van der Waals surface area (Å²) < 4.78 is 31.7. The van der Waals surface area contributed by atoms with Crippen molar-refractivity contribution in [2.45, 2.75) is 24.8 Å². The molecule has 0 aliphatic rings. The molecule has 7 nitrogen and oxygen atoms in total. The SMILES string of the molecule is COC(=O)c1ccccc1NC(=O)C(C)NS(=O)(=O)c1ccc(C)cc1. The van der Waals surface area contributed by atoms with E-state index in [1.807, 2.05) is 6.92 Å². The van der Waals surface area contributed by atoms with Crippen LogP contribution in [0.3, 0.4) is 0 Å². The van der Waals surface area contributed by atoms with Gasteiger partial charge < -0.3 is 10.1 Å². The molecule has 26 heavy (non-hydrogen) atoms. The second-order valence-electron chi connectivity index (χ2n) is 5.68. The number of aryl methyl sites for hydroxylation is 1. The van der Waals surface area contributed by atoms with Crippen molar-refractivity contribution in [2.75, 3.05) is 12.4 Å². The Morgan fingerprint density at radius 2 is 1.65 bits per heavy atom. The topological polar surface area (TPSA) is 102 Å². The predicted octanol–water partition coefficient (Wildman–Crippen LogP) is 2.09. The van der Waals surface area contributed by atoms with Gasteiger partial charge in [-0.25, -0.2) is 13.2 Å². The zero-order valence-electron chi connectivity index (χ0n) is 14.6. The summed E-state index contributed by atoms with van der Waals surface area (Å²) >= 11 is 0. The van der Waals surface area contributed by atoms with Crippen molar-refractivity contribution in [3.8, 4) is 0 Å². The molecule has 0 aliphatic carbocycles. The van der Waals surface area contributed by atoms with E-state index in [1.165, 1.54) is 38.3 Å². The van der Waals surface area contributed by atoms with Gasteiger partial charge in [0.1, 0.15) is 0 Å². The first-order valence-corrected chi connectivity index (χ1v) is 9.30. The molecule has 0 fully saturated rings. The zero-order valence-corrected chi connectivity index (χ0v) is 15.5. The average Bonchev–Trinajstić information content (AvgIpc) is 2.61. The number of methoxy groups -OCH3 is 1. The lowest BCUT2D eigenvalue weighted by molar-refractivity contribution is -0.117. The van der Waals surface area contributed by atoms with E-state index in [0.717, 1.165) is 5.56 Å². The van der Waals surface area contributed by atoms with Crippen LogP contribution >= 0.6 is 0 Å². The summed E-state index contributed by atoms with van der Waals surface area (Å²) in [6.07, 6.45) is 0. The van der Waals surface area contributed by atoms with Gasteiger partial charge in [0, 0.05) is 0 Å². The molecule has 8 heteroatoms. The van der Waals surface area contributed by atoms with Crippen LogP contribution in [0, 0.1) is 6.92 Å². The van der Waals surface area contributed by atoms with Crippen LogP contribution in [0.1, 0.15) is 22.8 Å². The van der Waals surface area contributed by atoms with Gasteiger partial charge in [-0.2, -0.15) is 4.72 Å². The number of hydrogen-bond donors (Lipinski definition) is 2. The molecular weight excluding hydrogens is 356 g/mol. The van der Waals surface area contributed by atoms with E-state index in [9.17, 15) is 18.0 Å². The minimum atomic E-state index is -3.85. The minimum Gasteiger partial charge on any atom is -0.465 e. The van der Waals surface area contributed by atoms with Gasteiger partial charge in [-0.05, 0) is 38.1 Å². The van der Waals surface area contributed by atoms with Gasteiger partial charge in [-0.1, -0.05) is 29.8 Å². The highest BCUT2D eigenvalue weighted by molar-refractivity contribution is 7.89. The summed E-state index contributed by atoms with van der Waals surface area (Å²) in [6.45, 7) is 3.26. The fourth-order valence-corrected chi connectivity index (χ4v) is 3.40. The van der Waals surface area contributed by atoms with E-state index < -0.39 is 27.9 Å². The second-order valence-corrected chi connectivity index (χ2v) is 7.40. The molecule has 0 saturated carbocycles. The molecule has 2 rings (SSSR count). The molecule has 2 aromatic carbocycles. The first kappa shape index (κ1) is 19.6. The number of ether oxygens (including phenoxy) is 1. The van der Waals surface area contributed by atoms with E-state index in [4.69, 9.17) is 0 Å². The molecule has 0 aromatic heterocycles. The molecule has 0 spiro atoms. The first-order chi connectivity index (χ1) is 12.2. The fourth-order valence-electron chi connectivity index (χ4n) is 2.19. The van der Waals surface area contributed by atoms with Crippen molar-refractivity contribution in [3.05, 3.63) is 59.7 Å². The predicted molar refractivity (Wildman–Crippen MR) is 97.4 cm³/mol. The smallest absolute Gasteiger partial charge is 0.339 e. The molecule has 0 saturated heterocycles. The maximum atomic E-state index is 12.4. The van der Waals surface area contributed by atoms with E-state index in [-0.39, 0.29) is 16.1 Å². The Morgan fingerprint density at radius 1 is 1.04 bits per heavy atom. The highest BCUT2D eigenvalue weighted by atomic mass is 32.2. The molecule has 0 radical (unpaired) electrons. The Hall–Kier alpha value is -2.71. The highest BCUT2D eigenvalue weighted by Crippen LogP contribution is 2.17. The third kappa shape index (κ3) is 4.68. The third-order valence-electron chi connectivity index (χ3n) is 3.65. The number of esters is 1. The van der Waals surface area contributed by atoms with E-state index >= 15 is 0 Å². The lowest BCUT2D eigenvalue weighted by atomic mass is 10.1. The lowest BCUT2D eigenvalue weighted by Gasteiger charge is -2.16. The van der Waals surface area contributed by atoms with Crippen LogP contribution in [0.4, 0.5) is 5.69 Å². The Morgan fingerprint density at radius 3 is 2.27 bits per heavy atom. The van der Waals surface area contributed by atoms with Crippen molar-refractivity contribution in [2.24, 2.45) is 0 Å². The van der Waals surface area contributed by atoms with Crippen molar-refractivity contribution < 1.29 is 22.7 Å². The minimum absolute atomic E-state index is 0.0673. The summed E-state index contributed by atoms with van der Waals surface area (Å²) in [5.74, 6) is -1.20. The third-order valence-corrected chi connectivity index (χ3v) is 5.20. The maximum absolute atomic E-state index is 12.4. The van der Waals surface area contributed by atoms with Crippen LogP contribution in [-0.2, 0) is 19.6 Å². The molecule has 2 N–H and O–H groups in total. The molecular formula is C18H20N2O5S. The van der Waals surface area contributed by atoms with Crippen LogP contribution in [-0.4, -0.2) is 33.4 Å². The van der Waals surface area contributed by atoms with Gasteiger partial charge >= 0.3 is 5.97 Å². The Labute approximate surface area is 152 Å². The number of anilines is 1. The van der Waals surface area contributed by atoms with Gasteiger partial charge in [0.05, 0.1) is 29.3 Å². The number of amides is 1. The van der Waals surface area contributed by atoms with Gasteiger partial charge in [-0.3, -0.25) is 4.79 Å². The number of nitrogens with one attached hydrogen (secondary N) is 2. The quantitative estimate of drug-likeness (QED) is 0.752. The van der Waals surface area contributed by atoms with Crippen molar-refractivity contribution in [3.63, 3.8) is 0 Å². The van der Waals surface area contributed by atoms with Crippen LogP contribution in [0.5, 0.6) is 0 Å². The molecule has 1 unspecified atom stereocenters. The summed E-state index contributed by atoms with van der Waals surface area (Å²) in [4.78, 5) is 24.2. The number of rotatable bonds is 6. The Balaban J connectivity index is 2.13. The van der Waals surface area contributed by atoms with Crippen LogP contribution in [0.25, 0.3) is 0 Å². The average molecular weight is 376 g/mol. The van der Waals surface area contributed by atoms with Gasteiger partial charge in [-0.15, -0.1) is 0 Å². The Bertz CT molecular complexity index is 907. The highest BCUT2D eigenvalue weighted by Gasteiger charge is 2.23. The number of sulfonamides is 1. The lowest BCUT2D eigenvalue weighted by Crippen LogP contribution is -2.41. The fraction of sp³-hybridized carbons (Fsp3) is 0.222. The number of carbonyl (C=O) groups excluding carboxylic acids is 2. The van der Waals surface area contributed by atoms with Crippen molar-refractivity contribution >= 4 is 27.6 Å². The standard InChI is InChI=1S/C18H20N2O5S/c1-12-8-10-14(11-9-12)26(23,24)20-13(2)17(21)19-16-7-5-4-6-15(16)18(22)25-3/h4-11,13,20H,1-3H3,(H,19,21). The number of para-hydroxylation sites is 1. The molecule has 0 bridgehead atoms. The maximum Gasteiger partial charge on any atom is 0.339 e. The number of benzene rings is 2. The van der Waals surface area contributed by atoms with Crippen molar-refractivity contribution in [1.29, 1.82) is 0 Å². The monoisotopic (exact) mass is 376 g/mol. The summed E-state index contributed by atoms with van der Waals surface area (Å²) in [5, 5.41) is 2.54. The van der Waals surface area contributed by atoms with Crippen LogP contribution in [0.2, 0.25) is 0 Å². The zero-order chi connectivity index (χ0) is 19.3. The second kappa shape index (κ2) is 8.11. The van der Waals surface area contributed by atoms with Crippen LogP contribution < -0.4 is 10.0 Å². The first-order valence-electron chi connectivity index (χ1n) is 7.82. The molecule has 0 aliphatic heterocycles. The van der Waals surface area contributed by atoms with Crippen molar-refractivity contribution in [1.82, 2.24) is 4.72 Å². The van der Waals surface area contributed by atoms with E-state index in [2.05, 4.69) is 14.8 Å². The van der Waals surface area contributed by atoms with E-state index in [1.54, 1.807) is 24.3 Å². The summed E-state index contributed by atoms with van der Waals surface area (Å²) in [6, 6.07) is 11.5. The molecule has 1 atom stereocenters. The number of hydrogen-bond acceptors (Lipinski definition) is 5. The normalized spacial score (nSPS) is 12.3. The van der Waals surface area contributed by atoms with Gasteiger partial charge in [0.25, 0.3) is 0 Å². The van der Waals surface area contributed by atoms with E-state index in [0.29, 0.717) is 0 Å². The summed E-state index contributed by atoms with van der Waals surface area (Å²) in [5.41, 5.74) is 1.34. The Kier molecular flexibility index (Phi) is 6.12. The largest absolute Gasteiger partial charge is 0.465 e. The number of carbonyl (C=O) groups is 2. The molecule has 1 amide bonds. The van der Waals surface area contributed by atoms with Gasteiger partial charge in [0.2, 0.25) is 15.9 Å². The molecule has 0 heterocycles. The van der Waals surface area contributed by atoms with Gasteiger partial charge in [0.15, 0.2) is 0 Å². The molecule has 138 valence electrons.